The van der Waals surface area contributed by atoms with Crippen LogP contribution in [0.25, 0.3) is 27.4 Å². The lowest BCUT2D eigenvalue weighted by Crippen LogP contribution is -1.78. The Labute approximate surface area is 100 Å². The van der Waals surface area contributed by atoms with Gasteiger partial charge in [-0.1, -0.05) is 43.5 Å². The molecule has 82 valence electrons. The Morgan fingerprint density at radius 1 is 1.00 bits per heavy atom. The highest BCUT2D eigenvalue weighted by Gasteiger charge is 2.04. The molecule has 1 aromatic heterocycles. The summed E-state index contributed by atoms with van der Waals surface area (Å²) in [5.41, 5.74) is 4.41. The standard InChI is InChI=1S/C16H13N/c1-3-11(2)12-8-9-16-14(10-12)13-6-4-5-7-15(13)17-16/h3-10,17H,1-2H2. The molecule has 2 aromatic carbocycles. The number of rotatable bonds is 2. The molecule has 0 spiro atoms. The van der Waals surface area contributed by atoms with Gasteiger partial charge in [0.05, 0.1) is 0 Å². The lowest BCUT2D eigenvalue weighted by Gasteiger charge is -2.00. The van der Waals surface area contributed by atoms with Crippen LogP contribution in [0.1, 0.15) is 5.56 Å². The highest BCUT2D eigenvalue weighted by molar-refractivity contribution is 6.08. The third-order valence-electron chi connectivity index (χ3n) is 3.12. The summed E-state index contributed by atoms with van der Waals surface area (Å²) in [4.78, 5) is 3.41. The summed E-state index contributed by atoms with van der Waals surface area (Å²) in [6.45, 7) is 7.75. The average molecular weight is 219 g/mol. The zero-order valence-electron chi connectivity index (χ0n) is 9.53. The van der Waals surface area contributed by atoms with E-state index < -0.39 is 0 Å². The van der Waals surface area contributed by atoms with Crippen molar-refractivity contribution in [2.45, 2.75) is 0 Å². The van der Waals surface area contributed by atoms with Crippen LogP contribution in [0, 0.1) is 0 Å². The van der Waals surface area contributed by atoms with Gasteiger partial charge in [0, 0.05) is 21.8 Å². The lowest BCUT2D eigenvalue weighted by molar-refractivity contribution is 1.54. The van der Waals surface area contributed by atoms with Gasteiger partial charge in [0.1, 0.15) is 0 Å². The van der Waals surface area contributed by atoms with E-state index in [0.29, 0.717) is 0 Å². The number of hydrogen-bond acceptors (Lipinski definition) is 0. The van der Waals surface area contributed by atoms with Crippen molar-refractivity contribution in [3.63, 3.8) is 0 Å². The number of nitrogens with one attached hydrogen (secondary N) is 1. The van der Waals surface area contributed by atoms with Crippen molar-refractivity contribution in [2.75, 3.05) is 0 Å². The molecule has 0 aliphatic rings. The Bertz CT molecular complexity index is 731. The molecule has 17 heavy (non-hydrogen) atoms. The summed E-state index contributed by atoms with van der Waals surface area (Å²) < 4.78 is 0. The van der Waals surface area contributed by atoms with Gasteiger partial charge in [-0.15, -0.1) is 0 Å². The second-order valence-electron chi connectivity index (χ2n) is 4.16. The fraction of sp³-hybridized carbons (Fsp3) is 0. The summed E-state index contributed by atoms with van der Waals surface area (Å²) in [5, 5.41) is 2.49. The normalized spacial score (nSPS) is 10.8. The van der Waals surface area contributed by atoms with Crippen LogP contribution in [0.2, 0.25) is 0 Å². The maximum atomic E-state index is 3.99. The maximum Gasteiger partial charge on any atom is 0.0465 e. The Morgan fingerprint density at radius 2 is 1.76 bits per heavy atom. The van der Waals surface area contributed by atoms with Crippen LogP contribution in [-0.4, -0.2) is 4.98 Å². The smallest absolute Gasteiger partial charge is 0.0465 e. The highest BCUT2D eigenvalue weighted by Crippen LogP contribution is 2.27. The fourth-order valence-electron chi connectivity index (χ4n) is 2.17. The molecule has 0 saturated heterocycles. The van der Waals surface area contributed by atoms with Gasteiger partial charge in [0.2, 0.25) is 0 Å². The molecule has 3 rings (SSSR count). The first kappa shape index (κ1) is 9.91. The quantitative estimate of drug-likeness (QED) is 0.610. The monoisotopic (exact) mass is 219 g/mol. The molecule has 0 bridgehead atoms. The summed E-state index contributed by atoms with van der Waals surface area (Å²) in [6.07, 6.45) is 1.79. The van der Waals surface area contributed by atoms with Crippen molar-refractivity contribution in [3.05, 3.63) is 67.3 Å². The number of aromatic amines is 1. The SMILES string of the molecule is C=CC(=C)c1ccc2[nH]c3ccccc3c2c1. The molecule has 0 amide bonds. The van der Waals surface area contributed by atoms with Gasteiger partial charge < -0.3 is 4.98 Å². The van der Waals surface area contributed by atoms with E-state index in [1.54, 1.807) is 6.08 Å². The van der Waals surface area contributed by atoms with Gasteiger partial charge >= 0.3 is 0 Å². The molecule has 0 atom stereocenters. The highest BCUT2D eigenvalue weighted by atomic mass is 14.7. The summed E-state index contributed by atoms with van der Waals surface area (Å²) in [7, 11) is 0. The topological polar surface area (TPSA) is 15.8 Å². The van der Waals surface area contributed by atoms with Gasteiger partial charge in [0.25, 0.3) is 0 Å². The first-order valence-electron chi connectivity index (χ1n) is 5.62. The number of fused-ring (bicyclic) bond motifs is 3. The maximum absolute atomic E-state index is 3.99. The lowest BCUT2D eigenvalue weighted by atomic mass is 10.0. The Balaban J connectivity index is 2.37. The summed E-state index contributed by atoms with van der Waals surface area (Å²) in [5.74, 6) is 0. The van der Waals surface area contributed by atoms with Gasteiger partial charge in [-0.05, 0) is 29.3 Å². The number of allylic oxidation sites excluding steroid dienone is 2. The summed E-state index contributed by atoms with van der Waals surface area (Å²) in [6, 6.07) is 14.7. The Kier molecular flexibility index (Phi) is 2.12. The molecule has 1 heteroatoms. The van der Waals surface area contributed by atoms with E-state index >= 15 is 0 Å². The molecule has 0 radical (unpaired) electrons. The number of hydrogen-bond donors (Lipinski definition) is 1. The van der Waals surface area contributed by atoms with Crippen molar-refractivity contribution >= 4 is 27.4 Å². The van der Waals surface area contributed by atoms with Crippen LogP contribution in [-0.2, 0) is 0 Å². The zero-order valence-corrected chi connectivity index (χ0v) is 9.53. The molecule has 3 aromatic rings. The van der Waals surface area contributed by atoms with Crippen molar-refractivity contribution in [3.8, 4) is 0 Å². The van der Waals surface area contributed by atoms with E-state index in [0.717, 1.165) is 16.7 Å². The minimum absolute atomic E-state index is 0.956. The van der Waals surface area contributed by atoms with Gasteiger partial charge in [-0.25, -0.2) is 0 Å². The zero-order chi connectivity index (χ0) is 11.8. The molecule has 1 nitrogen and oxygen atoms in total. The second-order valence-corrected chi connectivity index (χ2v) is 4.16. The van der Waals surface area contributed by atoms with Crippen molar-refractivity contribution < 1.29 is 0 Å². The number of H-pyrrole nitrogens is 1. The van der Waals surface area contributed by atoms with Crippen LogP contribution in [0.4, 0.5) is 0 Å². The first-order valence-corrected chi connectivity index (χ1v) is 5.62. The van der Waals surface area contributed by atoms with Crippen molar-refractivity contribution in [1.29, 1.82) is 0 Å². The first-order chi connectivity index (χ1) is 8.29. The molecule has 0 aliphatic heterocycles. The van der Waals surface area contributed by atoms with E-state index in [2.05, 4.69) is 54.5 Å². The largest absolute Gasteiger partial charge is 0.355 e. The Hall–Kier alpha value is -2.28. The number of para-hydroxylation sites is 1. The molecule has 1 heterocycles. The molecule has 0 unspecified atom stereocenters. The molecule has 1 N–H and O–H groups in total. The van der Waals surface area contributed by atoms with E-state index in [1.165, 1.54) is 16.3 Å². The third-order valence-corrected chi connectivity index (χ3v) is 3.12. The van der Waals surface area contributed by atoms with Gasteiger partial charge in [-0.3, -0.25) is 0 Å². The number of benzene rings is 2. The van der Waals surface area contributed by atoms with E-state index in [4.69, 9.17) is 0 Å². The average Bonchev–Trinajstić information content (AvgIpc) is 2.75. The van der Waals surface area contributed by atoms with Crippen LogP contribution in [0.5, 0.6) is 0 Å². The van der Waals surface area contributed by atoms with E-state index in [1.807, 2.05) is 6.07 Å². The van der Waals surface area contributed by atoms with E-state index in [-0.39, 0.29) is 0 Å². The van der Waals surface area contributed by atoms with Crippen LogP contribution >= 0.6 is 0 Å². The van der Waals surface area contributed by atoms with Crippen LogP contribution in [0.3, 0.4) is 0 Å². The predicted molar refractivity (Wildman–Crippen MR) is 75.0 cm³/mol. The molecule has 0 aliphatic carbocycles. The molecular formula is C16H13N. The van der Waals surface area contributed by atoms with Crippen LogP contribution < -0.4 is 0 Å². The second kappa shape index (κ2) is 3.63. The van der Waals surface area contributed by atoms with Gasteiger partial charge in [-0.2, -0.15) is 0 Å². The molecule has 0 fully saturated rings. The minimum atomic E-state index is 0.956. The Morgan fingerprint density at radius 3 is 2.59 bits per heavy atom. The third kappa shape index (κ3) is 1.48. The van der Waals surface area contributed by atoms with Crippen molar-refractivity contribution in [1.82, 2.24) is 4.98 Å². The van der Waals surface area contributed by atoms with E-state index in [9.17, 15) is 0 Å². The number of aromatic nitrogens is 1. The van der Waals surface area contributed by atoms with Crippen molar-refractivity contribution in [2.24, 2.45) is 0 Å². The minimum Gasteiger partial charge on any atom is -0.355 e. The predicted octanol–water partition coefficient (Wildman–Crippen LogP) is 4.52. The van der Waals surface area contributed by atoms with Crippen LogP contribution in [0.15, 0.2) is 61.7 Å². The van der Waals surface area contributed by atoms with Gasteiger partial charge in [0.15, 0.2) is 0 Å². The fourth-order valence-corrected chi connectivity index (χ4v) is 2.17. The summed E-state index contributed by atoms with van der Waals surface area (Å²) >= 11 is 0. The molecule has 0 saturated carbocycles. The molecular weight excluding hydrogens is 206 g/mol.